The van der Waals surface area contributed by atoms with E-state index in [2.05, 4.69) is 4.98 Å². The number of methoxy groups -OCH3 is 1. The Morgan fingerprint density at radius 2 is 1.89 bits per heavy atom. The predicted molar refractivity (Wildman–Crippen MR) is 70.4 cm³/mol. The molecule has 3 aromatic rings. The van der Waals surface area contributed by atoms with E-state index in [1.165, 1.54) is 0 Å². The molecule has 1 aromatic heterocycles. The molecule has 0 radical (unpaired) electrons. The summed E-state index contributed by atoms with van der Waals surface area (Å²) in [5.74, 6) is 0.658. The van der Waals surface area contributed by atoms with E-state index < -0.39 is 0 Å². The third-order valence-electron chi connectivity index (χ3n) is 2.83. The summed E-state index contributed by atoms with van der Waals surface area (Å²) in [7, 11) is 1.60. The average Bonchev–Trinajstić information content (AvgIpc) is 2.80. The second kappa shape index (κ2) is 4.07. The van der Waals surface area contributed by atoms with Gasteiger partial charge < -0.3 is 14.9 Å². The number of nitrogens with zero attached hydrogens (tertiary/aromatic N) is 1. The third kappa shape index (κ3) is 1.59. The maximum absolute atomic E-state index is 5.63. The molecule has 0 fully saturated rings. The Kier molecular flexibility index (Phi) is 2.41. The van der Waals surface area contributed by atoms with Crippen molar-refractivity contribution in [2.24, 2.45) is 0 Å². The minimum absolute atomic E-state index is 0.145. The zero-order valence-corrected chi connectivity index (χ0v) is 9.88. The standard InChI is InChI=1S/C14H12N2O2/c1-17-11-8-7-10(9-5-3-2-4-6-9)13-12(11)16-14(15)18-13/h2-8H,1H3,(H2,15,16). The van der Waals surface area contributed by atoms with Crippen molar-refractivity contribution in [1.29, 1.82) is 0 Å². The van der Waals surface area contributed by atoms with E-state index in [-0.39, 0.29) is 6.01 Å². The van der Waals surface area contributed by atoms with Crippen molar-refractivity contribution < 1.29 is 9.15 Å². The third-order valence-corrected chi connectivity index (χ3v) is 2.83. The summed E-state index contributed by atoms with van der Waals surface area (Å²) in [5, 5.41) is 0. The zero-order valence-electron chi connectivity index (χ0n) is 9.88. The predicted octanol–water partition coefficient (Wildman–Crippen LogP) is 3.09. The van der Waals surface area contributed by atoms with E-state index in [1.807, 2.05) is 42.5 Å². The number of ether oxygens (including phenoxy) is 1. The lowest BCUT2D eigenvalue weighted by molar-refractivity contribution is 0.419. The van der Waals surface area contributed by atoms with Crippen molar-refractivity contribution in [3.05, 3.63) is 42.5 Å². The molecule has 0 amide bonds. The molecular weight excluding hydrogens is 228 g/mol. The molecule has 2 aromatic carbocycles. The Hall–Kier alpha value is -2.49. The highest BCUT2D eigenvalue weighted by Crippen LogP contribution is 2.35. The normalized spacial score (nSPS) is 10.7. The lowest BCUT2D eigenvalue weighted by atomic mass is 10.0. The molecule has 0 spiro atoms. The monoisotopic (exact) mass is 240 g/mol. The second-order valence-corrected chi connectivity index (χ2v) is 3.91. The molecule has 4 heteroatoms. The summed E-state index contributed by atoms with van der Waals surface area (Å²) >= 11 is 0. The van der Waals surface area contributed by atoms with Gasteiger partial charge in [-0.3, -0.25) is 0 Å². The first-order chi connectivity index (χ1) is 8.79. The van der Waals surface area contributed by atoms with E-state index in [0.29, 0.717) is 16.8 Å². The molecule has 0 saturated carbocycles. The van der Waals surface area contributed by atoms with Crippen LogP contribution in [-0.4, -0.2) is 12.1 Å². The van der Waals surface area contributed by atoms with Crippen LogP contribution in [0.2, 0.25) is 0 Å². The van der Waals surface area contributed by atoms with Crippen LogP contribution in [-0.2, 0) is 0 Å². The van der Waals surface area contributed by atoms with Crippen LogP contribution in [0.25, 0.3) is 22.2 Å². The van der Waals surface area contributed by atoms with Gasteiger partial charge in [-0.05, 0) is 17.7 Å². The van der Waals surface area contributed by atoms with Gasteiger partial charge in [0.25, 0.3) is 6.01 Å². The number of hydrogen-bond acceptors (Lipinski definition) is 4. The maximum Gasteiger partial charge on any atom is 0.293 e. The smallest absolute Gasteiger partial charge is 0.293 e. The molecule has 4 nitrogen and oxygen atoms in total. The Morgan fingerprint density at radius 1 is 1.11 bits per heavy atom. The molecule has 0 aliphatic heterocycles. The quantitative estimate of drug-likeness (QED) is 0.747. The van der Waals surface area contributed by atoms with Gasteiger partial charge in [0.1, 0.15) is 5.75 Å². The minimum atomic E-state index is 0.145. The molecule has 3 rings (SSSR count). The first kappa shape index (κ1) is 10.7. The summed E-state index contributed by atoms with van der Waals surface area (Å²) < 4.78 is 10.7. The van der Waals surface area contributed by atoms with Crippen molar-refractivity contribution in [2.75, 3.05) is 12.8 Å². The van der Waals surface area contributed by atoms with Gasteiger partial charge in [0.2, 0.25) is 0 Å². The van der Waals surface area contributed by atoms with E-state index in [9.17, 15) is 0 Å². The lowest BCUT2D eigenvalue weighted by Crippen LogP contribution is -1.86. The molecule has 0 atom stereocenters. The molecular formula is C14H12N2O2. The SMILES string of the molecule is COc1ccc(-c2ccccc2)c2oc(N)nc12. The zero-order chi connectivity index (χ0) is 12.5. The first-order valence-electron chi connectivity index (χ1n) is 5.58. The van der Waals surface area contributed by atoms with Crippen LogP contribution < -0.4 is 10.5 Å². The second-order valence-electron chi connectivity index (χ2n) is 3.91. The highest BCUT2D eigenvalue weighted by Gasteiger charge is 2.14. The van der Waals surface area contributed by atoms with E-state index >= 15 is 0 Å². The Balaban J connectivity index is 2.31. The van der Waals surface area contributed by atoms with Crippen LogP contribution in [0.5, 0.6) is 5.75 Å². The van der Waals surface area contributed by atoms with Gasteiger partial charge in [-0.15, -0.1) is 0 Å². The summed E-state index contributed by atoms with van der Waals surface area (Å²) in [5.41, 5.74) is 8.94. The number of aromatic nitrogens is 1. The number of benzene rings is 2. The fraction of sp³-hybridized carbons (Fsp3) is 0.0714. The van der Waals surface area contributed by atoms with Crippen LogP contribution in [0.3, 0.4) is 0 Å². The van der Waals surface area contributed by atoms with Gasteiger partial charge in [0, 0.05) is 5.56 Å². The Morgan fingerprint density at radius 3 is 2.61 bits per heavy atom. The van der Waals surface area contributed by atoms with E-state index in [4.69, 9.17) is 14.9 Å². The fourth-order valence-electron chi connectivity index (χ4n) is 2.01. The Labute approximate surface area is 104 Å². The highest BCUT2D eigenvalue weighted by molar-refractivity contribution is 5.94. The number of fused-ring (bicyclic) bond motifs is 1. The number of hydrogen-bond donors (Lipinski definition) is 1. The van der Waals surface area contributed by atoms with Gasteiger partial charge in [-0.25, -0.2) is 0 Å². The average molecular weight is 240 g/mol. The number of oxazole rings is 1. The van der Waals surface area contributed by atoms with Crippen molar-refractivity contribution in [3.63, 3.8) is 0 Å². The molecule has 0 aliphatic carbocycles. The maximum atomic E-state index is 5.63. The summed E-state index contributed by atoms with van der Waals surface area (Å²) in [6, 6.07) is 13.9. The molecule has 0 aliphatic rings. The van der Waals surface area contributed by atoms with Crippen molar-refractivity contribution in [2.45, 2.75) is 0 Å². The van der Waals surface area contributed by atoms with E-state index in [1.54, 1.807) is 7.11 Å². The molecule has 0 saturated heterocycles. The number of anilines is 1. The molecule has 18 heavy (non-hydrogen) atoms. The van der Waals surface area contributed by atoms with Crippen molar-refractivity contribution in [1.82, 2.24) is 4.98 Å². The number of nitrogens with two attached hydrogens (primary N) is 1. The van der Waals surface area contributed by atoms with Crippen LogP contribution >= 0.6 is 0 Å². The topological polar surface area (TPSA) is 61.3 Å². The van der Waals surface area contributed by atoms with Crippen LogP contribution in [0.15, 0.2) is 46.9 Å². The van der Waals surface area contributed by atoms with Crippen LogP contribution in [0.1, 0.15) is 0 Å². The van der Waals surface area contributed by atoms with E-state index in [0.717, 1.165) is 11.1 Å². The van der Waals surface area contributed by atoms with Gasteiger partial charge >= 0.3 is 0 Å². The van der Waals surface area contributed by atoms with Gasteiger partial charge in [0.15, 0.2) is 11.1 Å². The van der Waals surface area contributed by atoms with Crippen LogP contribution in [0, 0.1) is 0 Å². The fourth-order valence-corrected chi connectivity index (χ4v) is 2.01. The molecule has 90 valence electrons. The Bertz CT molecular complexity index is 690. The number of nitrogen functional groups attached to an aromatic ring is 1. The van der Waals surface area contributed by atoms with Crippen molar-refractivity contribution >= 4 is 17.1 Å². The summed E-state index contributed by atoms with van der Waals surface area (Å²) in [4.78, 5) is 4.16. The summed E-state index contributed by atoms with van der Waals surface area (Å²) in [6.07, 6.45) is 0. The molecule has 0 unspecified atom stereocenters. The lowest BCUT2D eigenvalue weighted by Gasteiger charge is -2.04. The van der Waals surface area contributed by atoms with Gasteiger partial charge in [0.05, 0.1) is 7.11 Å². The molecule has 2 N–H and O–H groups in total. The van der Waals surface area contributed by atoms with Gasteiger partial charge in [-0.1, -0.05) is 30.3 Å². The number of rotatable bonds is 2. The first-order valence-corrected chi connectivity index (χ1v) is 5.58. The van der Waals surface area contributed by atoms with Crippen LogP contribution in [0.4, 0.5) is 6.01 Å². The minimum Gasteiger partial charge on any atom is -0.494 e. The molecule has 1 heterocycles. The van der Waals surface area contributed by atoms with Gasteiger partial charge in [-0.2, -0.15) is 4.98 Å². The highest BCUT2D eigenvalue weighted by atomic mass is 16.5. The largest absolute Gasteiger partial charge is 0.494 e. The molecule has 0 bridgehead atoms. The van der Waals surface area contributed by atoms with Crippen molar-refractivity contribution in [3.8, 4) is 16.9 Å². The summed E-state index contributed by atoms with van der Waals surface area (Å²) in [6.45, 7) is 0.